The molecule has 3 atom stereocenters. The third-order valence-corrected chi connectivity index (χ3v) is 2.10. The molecule has 60 valence electrons. The van der Waals surface area contributed by atoms with Crippen LogP contribution in [0.15, 0.2) is 0 Å². The first kappa shape index (κ1) is 7.98. The molecule has 1 rings (SSSR count). The van der Waals surface area contributed by atoms with Gasteiger partial charge in [-0.3, -0.25) is 0 Å². The van der Waals surface area contributed by atoms with Crippen LogP contribution in [0.25, 0.3) is 0 Å². The summed E-state index contributed by atoms with van der Waals surface area (Å²) in [7, 11) is 0. The van der Waals surface area contributed by atoms with Crippen LogP contribution in [-0.2, 0) is 0 Å². The topological polar surface area (TPSA) is 52.5 Å². The first-order chi connectivity index (χ1) is 4.52. The standard InChI is InChI=1S/C7H15NO2/c1-5-3-7(2,10)6(9)4-8-5/h5-6,8-10H,3-4H2,1-2H3. The fourth-order valence-electron chi connectivity index (χ4n) is 1.36. The first-order valence-corrected chi connectivity index (χ1v) is 3.66. The molecule has 3 heteroatoms. The highest BCUT2D eigenvalue weighted by Crippen LogP contribution is 2.20. The summed E-state index contributed by atoms with van der Waals surface area (Å²) in [5, 5.41) is 21.8. The van der Waals surface area contributed by atoms with Gasteiger partial charge in [-0.1, -0.05) is 0 Å². The van der Waals surface area contributed by atoms with Gasteiger partial charge in [0.15, 0.2) is 0 Å². The Morgan fingerprint density at radius 1 is 1.60 bits per heavy atom. The average Bonchev–Trinajstić information content (AvgIpc) is 1.78. The molecule has 1 saturated heterocycles. The van der Waals surface area contributed by atoms with Crippen molar-refractivity contribution in [3.63, 3.8) is 0 Å². The highest BCUT2D eigenvalue weighted by molar-refractivity contribution is 4.91. The summed E-state index contributed by atoms with van der Waals surface area (Å²) in [5.41, 5.74) is -0.898. The predicted molar refractivity (Wildman–Crippen MR) is 38.7 cm³/mol. The average molecular weight is 145 g/mol. The van der Waals surface area contributed by atoms with Gasteiger partial charge in [-0.2, -0.15) is 0 Å². The zero-order valence-electron chi connectivity index (χ0n) is 6.46. The van der Waals surface area contributed by atoms with E-state index in [-0.39, 0.29) is 0 Å². The lowest BCUT2D eigenvalue weighted by atomic mass is 9.88. The largest absolute Gasteiger partial charge is 0.389 e. The molecular weight excluding hydrogens is 130 g/mol. The van der Waals surface area contributed by atoms with Crippen LogP contribution in [0.2, 0.25) is 0 Å². The molecule has 0 amide bonds. The van der Waals surface area contributed by atoms with Crippen LogP contribution in [0.3, 0.4) is 0 Å². The van der Waals surface area contributed by atoms with Crippen LogP contribution >= 0.6 is 0 Å². The Morgan fingerprint density at radius 3 is 2.60 bits per heavy atom. The molecule has 0 aromatic carbocycles. The van der Waals surface area contributed by atoms with Crippen molar-refractivity contribution in [1.29, 1.82) is 0 Å². The summed E-state index contributed by atoms with van der Waals surface area (Å²) in [6, 6.07) is 0.304. The molecule has 3 nitrogen and oxygen atoms in total. The maximum Gasteiger partial charge on any atom is 0.0949 e. The maximum atomic E-state index is 9.52. The molecule has 10 heavy (non-hydrogen) atoms. The van der Waals surface area contributed by atoms with E-state index in [0.29, 0.717) is 19.0 Å². The predicted octanol–water partition coefficient (Wildman–Crippen LogP) is -0.520. The molecule has 0 saturated carbocycles. The second-order valence-corrected chi connectivity index (χ2v) is 3.39. The van der Waals surface area contributed by atoms with Crippen molar-refractivity contribution in [3.05, 3.63) is 0 Å². The summed E-state index contributed by atoms with van der Waals surface area (Å²) in [6.07, 6.45) is -0.00236. The molecule has 0 bridgehead atoms. The van der Waals surface area contributed by atoms with Crippen LogP contribution in [-0.4, -0.2) is 34.5 Å². The second kappa shape index (κ2) is 2.49. The number of aliphatic hydroxyl groups is 2. The van der Waals surface area contributed by atoms with Crippen LogP contribution in [0, 0.1) is 0 Å². The van der Waals surface area contributed by atoms with E-state index in [1.165, 1.54) is 0 Å². The second-order valence-electron chi connectivity index (χ2n) is 3.39. The minimum Gasteiger partial charge on any atom is -0.389 e. The Kier molecular flexibility index (Phi) is 1.99. The minimum absolute atomic E-state index is 0.304. The Labute approximate surface area is 61.1 Å². The smallest absolute Gasteiger partial charge is 0.0949 e. The van der Waals surface area contributed by atoms with Crippen LogP contribution < -0.4 is 5.32 Å². The van der Waals surface area contributed by atoms with Gasteiger partial charge in [0.25, 0.3) is 0 Å². The number of hydrogen-bond donors (Lipinski definition) is 3. The number of aliphatic hydroxyl groups excluding tert-OH is 1. The Bertz CT molecular complexity index is 125. The van der Waals surface area contributed by atoms with Gasteiger partial charge in [0.1, 0.15) is 0 Å². The molecule has 1 heterocycles. The Morgan fingerprint density at radius 2 is 2.20 bits per heavy atom. The zero-order chi connectivity index (χ0) is 7.78. The van der Waals surface area contributed by atoms with Crippen molar-refractivity contribution < 1.29 is 10.2 Å². The summed E-state index contributed by atoms with van der Waals surface area (Å²) in [5.74, 6) is 0. The fraction of sp³-hybridized carbons (Fsp3) is 1.00. The van der Waals surface area contributed by atoms with Crippen molar-refractivity contribution in [2.75, 3.05) is 6.54 Å². The SMILES string of the molecule is CC1CC(C)(O)C(O)CN1. The normalized spacial score (nSPS) is 49.2. The van der Waals surface area contributed by atoms with Crippen LogP contribution in [0.1, 0.15) is 20.3 Å². The lowest BCUT2D eigenvalue weighted by Gasteiger charge is -2.37. The van der Waals surface area contributed by atoms with Crippen molar-refractivity contribution in [3.8, 4) is 0 Å². The molecule has 0 aliphatic carbocycles. The summed E-state index contributed by atoms with van der Waals surface area (Å²) in [4.78, 5) is 0. The van der Waals surface area contributed by atoms with Gasteiger partial charge in [0.2, 0.25) is 0 Å². The van der Waals surface area contributed by atoms with E-state index in [0.717, 1.165) is 0 Å². The lowest BCUT2D eigenvalue weighted by molar-refractivity contribution is -0.0873. The van der Waals surface area contributed by atoms with Gasteiger partial charge in [0.05, 0.1) is 11.7 Å². The van der Waals surface area contributed by atoms with E-state index in [1.54, 1.807) is 6.92 Å². The number of nitrogens with one attached hydrogen (secondary N) is 1. The van der Waals surface area contributed by atoms with Crippen LogP contribution in [0.4, 0.5) is 0 Å². The van der Waals surface area contributed by atoms with Crippen molar-refractivity contribution in [2.45, 2.75) is 38.0 Å². The van der Waals surface area contributed by atoms with Gasteiger partial charge >= 0.3 is 0 Å². The van der Waals surface area contributed by atoms with E-state index in [2.05, 4.69) is 5.32 Å². The van der Waals surface area contributed by atoms with Gasteiger partial charge in [-0.15, -0.1) is 0 Å². The molecule has 0 radical (unpaired) electrons. The number of rotatable bonds is 0. The van der Waals surface area contributed by atoms with E-state index in [4.69, 9.17) is 0 Å². The Balaban J connectivity index is 2.55. The molecule has 1 aliphatic rings. The molecule has 0 spiro atoms. The summed E-state index contributed by atoms with van der Waals surface area (Å²) >= 11 is 0. The molecule has 0 aromatic heterocycles. The molecular formula is C7H15NO2. The number of hydrogen-bond acceptors (Lipinski definition) is 3. The van der Waals surface area contributed by atoms with E-state index in [9.17, 15) is 10.2 Å². The third-order valence-electron chi connectivity index (χ3n) is 2.10. The monoisotopic (exact) mass is 145 g/mol. The number of piperidine rings is 1. The van der Waals surface area contributed by atoms with Crippen molar-refractivity contribution in [2.24, 2.45) is 0 Å². The lowest BCUT2D eigenvalue weighted by Crippen LogP contribution is -2.55. The van der Waals surface area contributed by atoms with Gasteiger partial charge in [-0.05, 0) is 20.3 Å². The van der Waals surface area contributed by atoms with E-state index in [1.807, 2.05) is 6.92 Å². The third kappa shape index (κ3) is 1.48. The van der Waals surface area contributed by atoms with Gasteiger partial charge in [0, 0.05) is 12.6 Å². The summed E-state index contributed by atoms with van der Waals surface area (Å²) in [6.45, 7) is 4.17. The Hall–Kier alpha value is -0.120. The van der Waals surface area contributed by atoms with Gasteiger partial charge < -0.3 is 15.5 Å². The maximum absolute atomic E-state index is 9.52. The molecule has 0 aromatic rings. The fourth-order valence-corrected chi connectivity index (χ4v) is 1.36. The van der Waals surface area contributed by atoms with E-state index < -0.39 is 11.7 Å². The van der Waals surface area contributed by atoms with Crippen molar-refractivity contribution >= 4 is 0 Å². The zero-order valence-corrected chi connectivity index (χ0v) is 6.46. The van der Waals surface area contributed by atoms with Crippen LogP contribution in [0.5, 0.6) is 0 Å². The molecule has 1 aliphatic heterocycles. The van der Waals surface area contributed by atoms with E-state index >= 15 is 0 Å². The molecule has 3 unspecified atom stereocenters. The quantitative estimate of drug-likeness (QED) is 0.430. The molecule has 3 N–H and O–H groups in total. The van der Waals surface area contributed by atoms with Gasteiger partial charge in [-0.25, -0.2) is 0 Å². The van der Waals surface area contributed by atoms with Crippen molar-refractivity contribution in [1.82, 2.24) is 5.32 Å². The highest BCUT2D eigenvalue weighted by Gasteiger charge is 2.35. The highest BCUT2D eigenvalue weighted by atomic mass is 16.3. The summed E-state index contributed by atoms with van der Waals surface area (Å²) < 4.78 is 0. The molecule has 1 fully saturated rings. The number of β-amino-alcohol motifs (C(OH)–C–C–N with tert-alkyl or cyclic N) is 1. The first-order valence-electron chi connectivity index (χ1n) is 3.66. The minimum atomic E-state index is -0.898.